The number of para-hydroxylation sites is 1. The normalized spacial score (nSPS) is 23.7. The van der Waals surface area contributed by atoms with Crippen LogP contribution in [0.25, 0.3) is 0 Å². The molecule has 15 heavy (non-hydrogen) atoms. The number of hydrogen-bond acceptors (Lipinski definition) is 1. The van der Waals surface area contributed by atoms with Crippen LogP contribution in [0.4, 0.5) is 5.69 Å². The van der Waals surface area contributed by atoms with Crippen molar-refractivity contribution in [2.24, 2.45) is 5.92 Å². The van der Waals surface area contributed by atoms with Gasteiger partial charge in [-0.25, -0.2) is 0 Å². The maximum atomic E-state index is 3.84. The Balaban J connectivity index is 2.33. The van der Waals surface area contributed by atoms with Gasteiger partial charge >= 0.3 is 0 Å². The number of nitrogens with one attached hydrogen (secondary N) is 1. The summed E-state index contributed by atoms with van der Waals surface area (Å²) < 4.78 is 0. The molecule has 0 fully saturated rings. The topological polar surface area (TPSA) is 12.0 Å². The largest absolute Gasteiger partial charge is 0.381 e. The average molecular weight is 201 g/mol. The Labute approximate surface area is 92.2 Å². The molecule has 0 aromatic heterocycles. The van der Waals surface area contributed by atoms with Crippen molar-refractivity contribution < 1.29 is 0 Å². The summed E-state index contributed by atoms with van der Waals surface area (Å²) in [5.41, 5.74) is 2.78. The standard InChI is InChI=1S/C14H19N/c1-4-7-13-14(10(2)3)11-8-5-6-9-12(11)15-13/h4-6,8-10,13-15H,1,7H2,2-3H3/t13-,14+/m0/s1. The molecule has 1 heteroatoms. The highest BCUT2D eigenvalue weighted by atomic mass is 15.0. The molecule has 0 amide bonds. The first-order valence-corrected chi connectivity index (χ1v) is 5.70. The number of benzene rings is 1. The lowest BCUT2D eigenvalue weighted by Gasteiger charge is -2.22. The molecule has 1 aromatic carbocycles. The van der Waals surface area contributed by atoms with Crippen LogP contribution < -0.4 is 5.32 Å². The predicted octanol–water partition coefficient (Wildman–Crippen LogP) is 3.80. The zero-order valence-electron chi connectivity index (χ0n) is 9.53. The monoisotopic (exact) mass is 201 g/mol. The van der Waals surface area contributed by atoms with Crippen molar-refractivity contribution in [1.82, 2.24) is 0 Å². The van der Waals surface area contributed by atoms with Gasteiger partial charge in [-0.1, -0.05) is 38.1 Å². The van der Waals surface area contributed by atoms with Crippen LogP contribution in [-0.2, 0) is 0 Å². The highest BCUT2D eigenvalue weighted by Crippen LogP contribution is 2.41. The van der Waals surface area contributed by atoms with Crippen LogP contribution in [0.15, 0.2) is 36.9 Å². The molecule has 0 aliphatic carbocycles. The van der Waals surface area contributed by atoms with E-state index in [1.54, 1.807) is 0 Å². The van der Waals surface area contributed by atoms with E-state index >= 15 is 0 Å². The SMILES string of the molecule is C=CC[C@@H]1Nc2ccccc2[C@H]1C(C)C. The Morgan fingerprint density at radius 2 is 2.13 bits per heavy atom. The maximum absolute atomic E-state index is 3.84. The molecule has 1 N–H and O–H groups in total. The molecule has 0 radical (unpaired) electrons. The molecule has 0 saturated carbocycles. The third-order valence-electron chi connectivity index (χ3n) is 3.23. The summed E-state index contributed by atoms with van der Waals surface area (Å²) in [6, 6.07) is 9.18. The fourth-order valence-electron chi connectivity index (χ4n) is 2.63. The van der Waals surface area contributed by atoms with E-state index < -0.39 is 0 Å². The van der Waals surface area contributed by atoms with E-state index in [2.05, 4.69) is 50.0 Å². The molecule has 1 aromatic rings. The van der Waals surface area contributed by atoms with Gasteiger partial charge in [-0.05, 0) is 24.0 Å². The molecule has 2 atom stereocenters. The van der Waals surface area contributed by atoms with Gasteiger partial charge in [-0.2, -0.15) is 0 Å². The zero-order valence-corrected chi connectivity index (χ0v) is 9.53. The van der Waals surface area contributed by atoms with Crippen molar-refractivity contribution >= 4 is 5.69 Å². The van der Waals surface area contributed by atoms with Crippen molar-refractivity contribution in [2.45, 2.75) is 32.2 Å². The summed E-state index contributed by atoms with van der Waals surface area (Å²) >= 11 is 0. The lowest BCUT2D eigenvalue weighted by molar-refractivity contribution is 0.456. The molecule has 1 aliphatic heterocycles. The zero-order chi connectivity index (χ0) is 10.8. The summed E-state index contributed by atoms with van der Waals surface area (Å²) in [7, 11) is 0. The van der Waals surface area contributed by atoms with Gasteiger partial charge in [0.25, 0.3) is 0 Å². The van der Waals surface area contributed by atoms with E-state index in [1.807, 2.05) is 6.08 Å². The molecule has 0 saturated heterocycles. The molecule has 2 rings (SSSR count). The Bertz CT molecular complexity index is 354. The van der Waals surface area contributed by atoms with Gasteiger partial charge < -0.3 is 5.32 Å². The van der Waals surface area contributed by atoms with E-state index in [4.69, 9.17) is 0 Å². The van der Waals surface area contributed by atoms with Crippen LogP contribution in [0.3, 0.4) is 0 Å². The minimum atomic E-state index is 0.528. The first-order chi connectivity index (χ1) is 7.24. The number of rotatable bonds is 3. The van der Waals surface area contributed by atoms with Gasteiger partial charge in [0, 0.05) is 17.6 Å². The summed E-state index contributed by atoms with van der Waals surface area (Å²) in [5, 5.41) is 3.60. The summed E-state index contributed by atoms with van der Waals surface area (Å²) in [4.78, 5) is 0. The minimum Gasteiger partial charge on any atom is -0.381 e. The van der Waals surface area contributed by atoms with E-state index in [0.717, 1.165) is 6.42 Å². The predicted molar refractivity (Wildman–Crippen MR) is 66.2 cm³/mol. The lowest BCUT2D eigenvalue weighted by atomic mass is 9.84. The van der Waals surface area contributed by atoms with Crippen LogP contribution in [-0.4, -0.2) is 6.04 Å². The van der Waals surface area contributed by atoms with Crippen LogP contribution >= 0.6 is 0 Å². The van der Waals surface area contributed by atoms with Gasteiger partial charge in [0.05, 0.1) is 0 Å². The van der Waals surface area contributed by atoms with E-state index in [1.165, 1.54) is 11.3 Å². The first-order valence-electron chi connectivity index (χ1n) is 5.70. The van der Waals surface area contributed by atoms with Gasteiger partial charge in [0.1, 0.15) is 0 Å². The highest BCUT2D eigenvalue weighted by molar-refractivity contribution is 5.59. The van der Waals surface area contributed by atoms with Crippen LogP contribution in [0.2, 0.25) is 0 Å². The van der Waals surface area contributed by atoms with Crippen molar-refractivity contribution in [3.63, 3.8) is 0 Å². The van der Waals surface area contributed by atoms with Crippen LogP contribution in [0, 0.1) is 5.92 Å². The average Bonchev–Trinajstić information content (AvgIpc) is 2.56. The molecular weight excluding hydrogens is 182 g/mol. The fraction of sp³-hybridized carbons (Fsp3) is 0.429. The van der Waals surface area contributed by atoms with Crippen LogP contribution in [0.5, 0.6) is 0 Å². The number of anilines is 1. The van der Waals surface area contributed by atoms with E-state index in [9.17, 15) is 0 Å². The third-order valence-corrected chi connectivity index (χ3v) is 3.23. The summed E-state index contributed by atoms with van der Waals surface area (Å²) in [6.07, 6.45) is 3.05. The Morgan fingerprint density at radius 3 is 2.80 bits per heavy atom. The Kier molecular flexibility index (Phi) is 2.81. The molecule has 0 unspecified atom stereocenters. The molecule has 1 nitrogen and oxygen atoms in total. The fourth-order valence-corrected chi connectivity index (χ4v) is 2.63. The molecule has 1 aliphatic rings. The lowest BCUT2D eigenvalue weighted by Crippen LogP contribution is -2.23. The molecule has 0 bridgehead atoms. The van der Waals surface area contributed by atoms with Gasteiger partial charge in [0.2, 0.25) is 0 Å². The number of hydrogen-bond donors (Lipinski definition) is 1. The van der Waals surface area contributed by atoms with Crippen molar-refractivity contribution in [3.05, 3.63) is 42.5 Å². The maximum Gasteiger partial charge on any atom is 0.0378 e. The van der Waals surface area contributed by atoms with E-state index in [0.29, 0.717) is 17.9 Å². The minimum absolute atomic E-state index is 0.528. The molecular formula is C14H19N. The molecule has 80 valence electrons. The third kappa shape index (κ3) is 1.79. The second-order valence-corrected chi connectivity index (χ2v) is 4.63. The van der Waals surface area contributed by atoms with E-state index in [-0.39, 0.29) is 0 Å². The Hall–Kier alpha value is -1.24. The quantitative estimate of drug-likeness (QED) is 0.733. The summed E-state index contributed by atoms with van der Waals surface area (Å²) in [6.45, 7) is 8.43. The molecule has 1 heterocycles. The van der Waals surface area contributed by atoms with Crippen molar-refractivity contribution in [1.29, 1.82) is 0 Å². The second kappa shape index (κ2) is 4.09. The summed E-state index contributed by atoms with van der Waals surface area (Å²) in [5.74, 6) is 1.30. The van der Waals surface area contributed by atoms with Crippen molar-refractivity contribution in [3.8, 4) is 0 Å². The van der Waals surface area contributed by atoms with Gasteiger partial charge in [-0.15, -0.1) is 6.58 Å². The first kappa shape index (κ1) is 10.3. The van der Waals surface area contributed by atoms with Crippen LogP contribution in [0.1, 0.15) is 31.7 Å². The Morgan fingerprint density at radius 1 is 1.40 bits per heavy atom. The van der Waals surface area contributed by atoms with Gasteiger partial charge in [-0.3, -0.25) is 0 Å². The molecule has 0 spiro atoms. The van der Waals surface area contributed by atoms with Gasteiger partial charge in [0.15, 0.2) is 0 Å². The highest BCUT2D eigenvalue weighted by Gasteiger charge is 2.32. The number of fused-ring (bicyclic) bond motifs is 1. The van der Waals surface area contributed by atoms with Crippen molar-refractivity contribution in [2.75, 3.05) is 5.32 Å². The smallest absolute Gasteiger partial charge is 0.0378 e. The second-order valence-electron chi connectivity index (χ2n) is 4.63.